The predicted octanol–water partition coefficient (Wildman–Crippen LogP) is 0.252. The molecule has 0 N–H and O–H groups in total. The first-order valence-electron chi connectivity index (χ1n) is 9.78. The van der Waals surface area contributed by atoms with Crippen molar-refractivity contribution in [1.82, 2.24) is 14.7 Å². The number of alkyl halides is 3. The lowest BCUT2D eigenvalue weighted by molar-refractivity contribution is -0.131. The molecular formula is C18H30Cl3N3O6. The van der Waals surface area contributed by atoms with E-state index in [1.165, 1.54) is 0 Å². The maximum atomic E-state index is 12.0. The molecule has 12 heteroatoms. The molecule has 0 saturated carbocycles. The van der Waals surface area contributed by atoms with Crippen LogP contribution in [0.5, 0.6) is 0 Å². The average Bonchev–Trinajstić information content (AvgIpc) is 2.77. The number of nitrogens with zero attached hydrogens (tertiary/aromatic N) is 3. The molecule has 1 fully saturated rings. The van der Waals surface area contributed by atoms with Gasteiger partial charge in [0.15, 0.2) is 0 Å². The highest BCUT2D eigenvalue weighted by Gasteiger charge is 2.16. The van der Waals surface area contributed by atoms with E-state index in [1.54, 1.807) is 14.7 Å². The van der Waals surface area contributed by atoms with Crippen LogP contribution in [0.3, 0.4) is 0 Å². The van der Waals surface area contributed by atoms with Crippen LogP contribution in [0.1, 0.15) is 0 Å². The molecule has 0 aromatic heterocycles. The Labute approximate surface area is 192 Å². The molecule has 0 spiro atoms. The van der Waals surface area contributed by atoms with Crippen molar-refractivity contribution in [2.45, 2.75) is 0 Å². The van der Waals surface area contributed by atoms with Gasteiger partial charge in [0.1, 0.15) is 17.6 Å². The Kier molecular flexibility index (Phi) is 15.2. The zero-order valence-electron chi connectivity index (χ0n) is 17.0. The quantitative estimate of drug-likeness (QED) is 0.527. The third-order valence-corrected chi connectivity index (χ3v) is 5.12. The second-order valence-corrected chi connectivity index (χ2v) is 7.18. The maximum absolute atomic E-state index is 12.0. The SMILES string of the molecule is O=C(CCl)N1CCOCCN(C(=O)CCl)CCOCCN(C(=O)CCl)CCOCC1. The van der Waals surface area contributed by atoms with Gasteiger partial charge in [-0.05, 0) is 0 Å². The van der Waals surface area contributed by atoms with Crippen LogP contribution in [-0.4, -0.2) is 129 Å². The van der Waals surface area contributed by atoms with Gasteiger partial charge in [-0.25, -0.2) is 0 Å². The van der Waals surface area contributed by atoms with Gasteiger partial charge in [0.25, 0.3) is 0 Å². The van der Waals surface area contributed by atoms with Crippen molar-refractivity contribution >= 4 is 52.5 Å². The van der Waals surface area contributed by atoms with Crippen molar-refractivity contribution in [3.05, 3.63) is 0 Å². The van der Waals surface area contributed by atoms with Crippen LogP contribution in [0.2, 0.25) is 0 Å². The number of hydrogen-bond donors (Lipinski definition) is 0. The Hall–Kier alpha value is -0.840. The Balaban J connectivity index is 2.70. The zero-order chi connectivity index (χ0) is 22.2. The highest BCUT2D eigenvalue weighted by atomic mass is 35.5. The standard InChI is InChI=1S/C18H30Cl3N3O6/c19-13-16(25)22-1-7-28-9-3-23(17(26)14-20)5-11-30-12-6-24(18(27)15-21)4-10-29-8-2-22/h1-15H2. The molecule has 0 unspecified atom stereocenters. The fourth-order valence-electron chi connectivity index (χ4n) is 2.69. The van der Waals surface area contributed by atoms with E-state index < -0.39 is 0 Å². The molecular weight excluding hydrogens is 461 g/mol. The van der Waals surface area contributed by atoms with Crippen LogP contribution in [0.4, 0.5) is 0 Å². The van der Waals surface area contributed by atoms with E-state index in [-0.39, 0.29) is 35.4 Å². The average molecular weight is 491 g/mol. The van der Waals surface area contributed by atoms with E-state index in [4.69, 9.17) is 49.0 Å². The van der Waals surface area contributed by atoms with Crippen LogP contribution in [0.15, 0.2) is 0 Å². The van der Waals surface area contributed by atoms with E-state index in [0.717, 1.165) is 0 Å². The number of amides is 3. The highest BCUT2D eigenvalue weighted by Crippen LogP contribution is 1.99. The van der Waals surface area contributed by atoms with Crippen LogP contribution < -0.4 is 0 Å². The normalized spacial score (nSPS) is 19.1. The minimum Gasteiger partial charge on any atom is -0.378 e. The van der Waals surface area contributed by atoms with Crippen molar-refractivity contribution in [3.8, 4) is 0 Å². The molecule has 0 aromatic carbocycles. The van der Waals surface area contributed by atoms with Gasteiger partial charge in [0.2, 0.25) is 17.7 Å². The van der Waals surface area contributed by atoms with E-state index >= 15 is 0 Å². The van der Waals surface area contributed by atoms with E-state index in [2.05, 4.69) is 0 Å². The molecule has 3 amide bonds. The molecule has 1 aliphatic heterocycles. The lowest BCUT2D eigenvalue weighted by Crippen LogP contribution is -2.41. The minimum absolute atomic E-state index is 0.129. The monoisotopic (exact) mass is 489 g/mol. The molecule has 30 heavy (non-hydrogen) atoms. The summed E-state index contributed by atoms with van der Waals surface area (Å²) in [4.78, 5) is 40.6. The molecule has 1 saturated heterocycles. The number of hydrogen-bond acceptors (Lipinski definition) is 6. The second kappa shape index (κ2) is 16.8. The van der Waals surface area contributed by atoms with Crippen molar-refractivity contribution in [3.63, 3.8) is 0 Å². The summed E-state index contributed by atoms with van der Waals surface area (Å²) in [6, 6.07) is 0. The van der Waals surface area contributed by atoms with Gasteiger partial charge in [-0.2, -0.15) is 0 Å². The molecule has 1 heterocycles. The summed E-state index contributed by atoms with van der Waals surface area (Å²) >= 11 is 17.0. The van der Waals surface area contributed by atoms with Crippen LogP contribution in [0.25, 0.3) is 0 Å². The summed E-state index contributed by atoms with van der Waals surface area (Å²) in [7, 11) is 0. The van der Waals surface area contributed by atoms with Gasteiger partial charge in [0.05, 0.1) is 39.6 Å². The van der Waals surface area contributed by atoms with E-state index in [9.17, 15) is 14.4 Å². The Morgan fingerprint density at radius 2 is 0.700 bits per heavy atom. The molecule has 0 atom stereocenters. The first-order valence-corrected chi connectivity index (χ1v) is 11.4. The third kappa shape index (κ3) is 11.0. The number of carbonyl (C=O) groups excluding carboxylic acids is 3. The fourth-order valence-corrected chi connectivity index (χ4v) is 3.20. The maximum Gasteiger partial charge on any atom is 0.237 e. The number of halogens is 3. The van der Waals surface area contributed by atoms with E-state index in [0.29, 0.717) is 78.9 Å². The van der Waals surface area contributed by atoms with Gasteiger partial charge in [-0.3, -0.25) is 14.4 Å². The lowest BCUT2D eigenvalue weighted by Gasteiger charge is -2.25. The Bertz CT molecular complexity index is 440. The topological polar surface area (TPSA) is 88.6 Å². The van der Waals surface area contributed by atoms with Crippen molar-refractivity contribution in [2.75, 3.05) is 96.5 Å². The van der Waals surface area contributed by atoms with Gasteiger partial charge >= 0.3 is 0 Å². The molecule has 1 rings (SSSR count). The first kappa shape index (κ1) is 27.2. The van der Waals surface area contributed by atoms with Crippen LogP contribution in [-0.2, 0) is 28.6 Å². The summed E-state index contributed by atoms with van der Waals surface area (Å²) in [5, 5.41) is 0. The van der Waals surface area contributed by atoms with Crippen LogP contribution >= 0.6 is 34.8 Å². The molecule has 174 valence electrons. The third-order valence-electron chi connectivity index (χ3n) is 4.43. The molecule has 0 bridgehead atoms. The summed E-state index contributed by atoms with van der Waals surface area (Å²) in [5.74, 6) is -1.03. The highest BCUT2D eigenvalue weighted by molar-refractivity contribution is 6.27. The summed E-state index contributed by atoms with van der Waals surface area (Å²) in [5.41, 5.74) is 0. The van der Waals surface area contributed by atoms with Gasteiger partial charge < -0.3 is 28.9 Å². The molecule has 0 radical (unpaired) electrons. The van der Waals surface area contributed by atoms with Crippen molar-refractivity contribution < 1.29 is 28.6 Å². The Morgan fingerprint density at radius 1 is 0.500 bits per heavy atom. The number of carbonyl (C=O) groups is 3. The lowest BCUT2D eigenvalue weighted by atomic mass is 10.4. The molecule has 0 aliphatic carbocycles. The molecule has 0 aromatic rings. The number of rotatable bonds is 3. The predicted molar refractivity (Wildman–Crippen MR) is 114 cm³/mol. The minimum atomic E-state index is -0.215. The summed E-state index contributed by atoms with van der Waals surface area (Å²) in [6.45, 7) is 3.99. The summed E-state index contributed by atoms with van der Waals surface area (Å²) in [6.07, 6.45) is 0. The Morgan fingerprint density at radius 3 is 0.867 bits per heavy atom. The first-order chi connectivity index (χ1) is 14.5. The van der Waals surface area contributed by atoms with Crippen LogP contribution in [0, 0.1) is 0 Å². The van der Waals surface area contributed by atoms with E-state index in [1.807, 2.05) is 0 Å². The molecule has 1 aliphatic rings. The summed E-state index contributed by atoms with van der Waals surface area (Å²) < 4.78 is 16.7. The van der Waals surface area contributed by atoms with Gasteiger partial charge in [-0.15, -0.1) is 34.8 Å². The zero-order valence-corrected chi connectivity index (χ0v) is 19.3. The van der Waals surface area contributed by atoms with Crippen molar-refractivity contribution in [1.29, 1.82) is 0 Å². The number of ether oxygens (including phenoxy) is 3. The van der Waals surface area contributed by atoms with Gasteiger partial charge in [-0.1, -0.05) is 0 Å². The largest absolute Gasteiger partial charge is 0.378 e. The smallest absolute Gasteiger partial charge is 0.237 e. The molecule has 9 nitrogen and oxygen atoms in total. The second-order valence-electron chi connectivity index (χ2n) is 6.38. The van der Waals surface area contributed by atoms with Crippen molar-refractivity contribution in [2.24, 2.45) is 0 Å². The van der Waals surface area contributed by atoms with Gasteiger partial charge in [0, 0.05) is 39.3 Å². The fraction of sp³-hybridized carbons (Fsp3) is 0.833.